The quantitative estimate of drug-likeness (QED) is 0.848. The molecule has 3 N–H and O–H groups in total. The van der Waals surface area contributed by atoms with Crippen LogP contribution in [-0.2, 0) is 4.79 Å². The van der Waals surface area contributed by atoms with E-state index in [1.54, 1.807) is 7.11 Å². The van der Waals surface area contributed by atoms with Crippen molar-refractivity contribution in [2.24, 2.45) is 5.73 Å². The highest BCUT2D eigenvalue weighted by molar-refractivity contribution is 5.66. The predicted octanol–water partition coefficient (Wildman–Crippen LogP) is 1.29. The van der Waals surface area contributed by atoms with E-state index in [0.29, 0.717) is 12.5 Å². The summed E-state index contributed by atoms with van der Waals surface area (Å²) in [5, 5.41) is 8.79. The van der Waals surface area contributed by atoms with Crippen LogP contribution in [0.15, 0.2) is 24.3 Å². The molecule has 2 atom stereocenters. The molecule has 1 fully saturated rings. The summed E-state index contributed by atoms with van der Waals surface area (Å²) < 4.78 is 5.26. The summed E-state index contributed by atoms with van der Waals surface area (Å²) in [6.07, 6.45) is 1.09. The Bertz CT molecular complexity index is 464. The first-order chi connectivity index (χ1) is 9.58. The maximum absolute atomic E-state index is 10.7. The second-order valence-electron chi connectivity index (χ2n) is 5.37. The number of nitrogens with zero attached hydrogens (tertiary/aromatic N) is 1. The number of nitrogens with two attached hydrogens (primary N) is 1. The van der Waals surface area contributed by atoms with Crippen molar-refractivity contribution in [3.05, 3.63) is 29.8 Å². The fraction of sp³-hybridized carbons (Fsp3) is 0.533. The molecule has 1 aliphatic rings. The van der Waals surface area contributed by atoms with E-state index in [9.17, 15) is 4.79 Å². The van der Waals surface area contributed by atoms with Gasteiger partial charge in [0.1, 0.15) is 5.75 Å². The van der Waals surface area contributed by atoms with E-state index in [1.807, 2.05) is 18.2 Å². The maximum Gasteiger partial charge on any atom is 0.304 e. The predicted molar refractivity (Wildman–Crippen MR) is 77.0 cm³/mol. The van der Waals surface area contributed by atoms with Gasteiger partial charge < -0.3 is 20.5 Å². The highest BCUT2D eigenvalue weighted by atomic mass is 16.5. The van der Waals surface area contributed by atoms with E-state index in [1.165, 1.54) is 5.56 Å². The molecule has 0 spiro atoms. The molecule has 5 heteroatoms. The molecule has 0 aliphatic carbocycles. The zero-order valence-electron chi connectivity index (χ0n) is 11.8. The lowest BCUT2D eigenvalue weighted by molar-refractivity contribution is -0.137. The largest absolute Gasteiger partial charge is 0.497 e. The molecule has 0 aromatic heterocycles. The molecule has 0 saturated carbocycles. The number of hydrogen-bond acceptors (Lipinski definition) is 4. The van der Waals surface area contributed by atoms with Gasteiger partial charge in [-0.25, -0.2) is 0 Å². The van der Waals surface area contributed by atoms with Crippen LogP contribution in [0.4, 0.5) is 0 Å². The van der Waals surface area contributed by atoms with E-state index in [4.69, 9.17) is 15.6 Å². The van der Waals surface area contributed by atoms with Crippen LogP contribution < -0.4 is 10.5 Å². The normalized spacial score (nSPS) is 23.5. The van der Waals surface area contributed by atoms with Crippen LogP contribution in [0.1, 0.15) is 24.3 Å². The first-order valence-electron chi connectivity index (χ1n) is 6.92. The van der Waals surface area contributed by atoms with Gasteiger partial charge in [0.2, 0.25) is 0 Å². The van der Waals surface area contributed by atoms with Gasteiger partial charge >= 0.3 is 5.97 Å². The minimum atomic E-state index is -0.762. The second kappa shape index (κ2) is 6.72. The third-order valence-electron chi connectivity index (χ3n) is 3.77. The Labute approximate surface area is 119 Å². The number of piperidine rings is 1. The number of likely N-dealkylation sites (tertiary alicyclic amines) is 1. The van der Waals surface area contributed by atoms with E-state index in [-0.39, 0.29) is 12.5 Å². The molecule has 0 bridgehead atoms. The molecule has 2 unspecified atom stereocenters. The van der Waals surface area contributed by atoms with E-state index >= 15 is 0 Å². The number of benzene rings is 1. The molecule has 1 saturated heterocycles. The van der Waals surface area contributed by atoms with Crippen LogP contribution in [0.25, 0.3) is 0 Å². The summed E-state index contributed by atoms with van der Waals surface area (Å²) in [5.74, 6) is 0.420. The number of rotatable bonds is 5. The number of carboxylic acids is 1. The molecular formula is C15H22N2O3. The van der Waals surface area contributed by atoms with E-state index < -0.39 is 5.97 Å². The van der Waals surface area contributed by atoms with Crippen molar-refractivity contribution in [1.82, 2.24) is 4.90 Å². The maximum atomic E-state index is 10.7. The van der Waals surface area contributed by atoms with Gasteiger partial charge in [0.05, 0.1) is 13.5 Å². The smallest absolute Gasteiger partial charge is 0.304 e. The third-order valence-corrected chi connectivity index (χ3v) is 3.77. The molecule has 2 rings (SSSR count). The summed E-state index contributed by atoms with van der Waals surface area (Å²) >= 11 is 0. The molecule has 20 heavy (non-hydrogen) atoms. The molecule has 5 nitrogen and oxygen atoms in total. The molecule has 1 heterocycles. The zero-order chi connectivity index (χ0) is 14.5. The standard InChI is InChI=1S/C15H22N2O3/c1-20-14-4-2-3-11(8-14)12-7-13(16)10-17(9-12)6-5-15(18)19/h2-4,8,12-13H,5-7,9-10,16H2,1H3,(H,18,19). The van der Waals surface area contributed by atoms with Gasteiger partial charge in [0.15, 0.2) is 0 Å². The Morgan fingerprint density at radius 3 is 3.00 bits per heavy atom. The van der Waals surface area contributed by atoms with E-state index in [0.717, 1.165) is 25.3 Å². The Kier molecular flexibility index (Phi) is 4.98. The fourth-order valence-electron chi connectivity index (χ4n) is 2.81. The van der Waals surface area contributed by atoms with Crippen molar-refractivity contribution in [2.75, 3.05) is 26.7 Å². The van der Waals surface area contributed by atoms with Crippen LogP contribution in [-0.4, -0.2) is 48.8 Å². The van der Waals surface area contributed by atoms with Gasteiger partial charge in [0.25, 0.3) is 0 Å². The van der Waals surface area contributed by atoms with Gasteiger partial charge in [-0.15, -0.1) is 0 Å². The van der Waals surface area contributed by atoms with Crippen molar-refractivity contribution >= 4 is 5.97 Å². The van der Waals surface area contributed by atoms with Gasteiger partial charge in [-0.3, -0.25) is 4.79 Å². The lowest BCUT2D eigenvalue weighted by Gasteiger charge is -2.36. The number of ether oxygens (including phenoxy) is 1. The van der Waals surface area contributed by atoms with Gasteiger partial charge in [-0.05, 0) is 30.0 Å². The van der Waals surface area contributed by atoms with Crippen LogP contribution in [0, 0.1) is 0 Å². The highest BCUT2D eigenvalue weighted by Crippen LogP contribution is 2.28. The lowest BCUT2D eigenvalue weighted by Crippen LogP contribution is -2.46. The van der Waals surface area contributed by atoms with Crippen molar-refractivity contribution < 1.29 is 14.6 Å². The summed E-state index contributed by atoms with van der Waals surface area (Å²) in [6, 6.07) is 8.12. The van der Waals surface area contributed by atoms with Crippen LogP contribution in [0.2, 0.25) is 0 Å². The number of hydrogen-bond donors (Lipinski definition) is 2. The van der Waals surface area contributed by atoms with Crippen molar-refractivity contribution in [2.45, 2.75) is 24.8 Å². The molecular weight excluding hydrogens is 256 g/mol. The third kappa shape index (κ3) is 3.95. The molecule has 0 radical (unpaired) electrons. The summed E-state index contributed by atoms with van der Waals surface area (Å²) in [4.78, 5) is 12.8. The minimum Gasteiger partial charge on any atom is -0.497 e. The van der Waals surface area contributed by atoms with Crippen LogP contribution >= 0.6 is 0 Å². The average Bonchev–Trinajstić information content (AvgIpc) is 2.44. The van der Waals surface area contributed by atoms with Crippen molar-refractivity contribution in [1.29, 1.82) is 0 Å². The lowest BCUT2D eigenvalue weighted by atomic mass is 9.88. The minimum absolute atomic E-state index is 0.0914. The first kappa shape index (κ1) is 14.8. The second-order valence-corrected chi connectivity index (χ2v) is 5.37. The molecule has 1 aliphatic heterocycles. The molecule has 1 aromatic rings. The summed E-state index contributed by atoms with van der Waals surface area (Å²) in [5.41, 5.74) is 7.32. The Morgan fingerprint density at radius 2 is 2.30 bits per heavy atom. The average molecular weight is 278 g/mol. The molecule has 1 aromatic carbocycles. The first-order valence-corrected chi connectivity index (χ1v) is 6.92. The monoisotopic (exact) mass is 278 g/mol. The number of methoxy groups -OCH3 is 1. The van der Waals surface area contributed by atoms with Gasteiger partial charge in [-0.1, -0.05) is 12.1 Å². The Hall–Kier alpha value is -1.59. The van der Waals surface area contributed by atoms with E-state index in [2.05, 4.69) is 11.0 Å². The number of carbonyl (C=O) groups is 1. The van der Waals surface area contributed by atoms with Crippen LogP contribution in [0.5, 0.6) is 5.75 Å². The van der Waals surface area contributed by atoms with Crippen LogP contribution in [0.3, 0.4) is 0 Å². The zero-order valence-corrected chi connectivity index (χ0v) is 11.8. The van der Waals surface area contributed by atoms with Gasteiger partial charge in [-0.2, -0.15) is 0 Å². The number of aliphatic carboxylic acids is 1. The topological polar surface area (TPSA) is 75.8 Å². The molecule has 0 amide bonds. The highest BCUT2D eigenvalue weighted by Gasteiger charge is 2.26. The van der Waals surface area contributed by atoms with Gasteiger partial charge in [0, 0.05) is 25.7 Å². The van der Waals surface area contributed by atoms with Crippen molar-refractivity contribution in [3.8, 4) is 5.75 Å². The molecule has 110 valence electrons. The number of carboxylic acid groups (broad SMARTS) is 1. The summed E-state index contributed by atoms with van der Waals surface area (Å²) in [7, 11) is 1.66. The summed E-state index contributed by atoms with van der Waals surface area (Å²) in [6.45, 7) is 2.19. The Morgan fingerprint density at radius 1 is 1.50 bits per heavy atom. The fourth-order valence-corrected chi connectivity index (χ4v) is 2.81. The Balaban J connectivity index is 2.04. The van der Waals surface area contributed by atoms with Crippen molar-refractivity contribution in [3.63, 3.8) is 0 Å². The SMILES string of the molecule is COc1cccc(C2CC(N)CN(CCC(=O)O)C2)c1.